The predicted octanol–water partition coefficient (Wildman–Crippen LogP) is 3.58. The normalized spacial score (nSPS) is 17.9. The summed E-state index contributed by atoms with van der Waals surface area (Å²) in [7, 11) is 1.79. The summed E-state index contributed by atoms with van der Waals surface area (Å²) in [6, 6.07) is 4.27. The molecule has 22 heavy (non-hydrogen) atoms. The SMILES string of the molecule is CN(C1CCCC1)[C@@H](Cc1ccc(C(F)(F)F)cc1)C(=O)O. The number of rotatable bonds is 5. The highest BCUT2D eigenvalue weighted by Gasteiger charge is 2.32. The van der Waals surface area contributed by atoms with Crippen molar-refractivity contribution in [2.45, 2.75) is 50.4 Å². The first kappa shape index (κ1) is 16.8. The Labute approximate surface area is 127 Å². The second-order valence-electron chi connectivity index (χ2n) is 5.86. The second kappa shape index (κ2) is 6.69. The number of carboxylic acids is 1. The predicted molar refractivity (Wildman–Crippen MR) is 76.6 cm³/mol. The molecule has 122 valence electrons. The molecule has 0 aliphatic heterocycles. The zero-order chi connectivity index (χ0) is 16.3. The highest BCUT2D eigenvalue weighted by molar-refractivity contribution is 5.74. The fourth-order valence-electron chi connectivity index (χ4n) is 3.02. The number of likely N-dealkylation sites (N-methyl/N-ethyl adjacent to an activating group) is 1. The second-order valence-corrected chi connectivity index (χ2v) is 5.86. The molecule has 1 aromatic rings. The fourth-order valence-corrected chi connectivity index (χ4v) is 3.02. The number of halogens is 3. The maximum absolute atomic E-state index is 12.5. The van der Waals surface area contributed by atoms with Crippen LogP contribution in [0.4, 0.5) is 13.2 Å². The Morgan fingerprint density at radius 1 is 1.27 bits per heavy atom. The average molecular weight is 315 g/mol. The van der Waals surface area contributed by atoms with E-state index in [1.54, 1.807) is 7.05 Å². The van der Waals surface area contributed by atoms with E-state index in [0.29, 0.717) is 5.56 Å². The lowest BCUT2D eigenvalue weighted by Gasteiger charge is -2.30. The average Bonchev–Trinajstić information content (AvgIpc) is 2.97. The summed E-state index contributed by atoms with van der Waals surface area (Å²) < 4.78 is 37.6. The molecule has 1 atom stereocenters. The van der Waals surface area contributed by atoms with Gasteiger partial charge in [-0.1, -0.05) is 25.0 Å². The number of benzene rings is 1. The monoisotopic (exact) mass is 315 g/mol. The quantitative estimate of drug-likeness (QED) is 0.903. The van der Waals surface area contributed by atoms with Crippen molar-refractivity contribution >= 4 is 5.97 Å². The van der Waals surface area contributed by atoms with Crippen LogP contribution in [0.2, 0.25) is 0 Å². The van der Waals surface area contributed by atoms with Gasteiger partial charge in [0.25, 0.3) is 0 Å². The van der Waals surface area contributed by atoms with Gasteiger partial charge in [-0.3, -0.25) is 9.69 Å². The Kier molecular flexibility index (Phi) is 5.11. The van der Waals surface area contributed by atoms with Gasteiger partial charge >= 0.3 is 12.1 Å². The van der Waals surface area contributed by atoms with E-state index in [9.17, 15) is 23.1 Å². The van der Waals surface area contributed by atoms with Gasteiger partial charge < -0.3 is 5.11 Å². The maximum atomic E-state index is 12.5. The molecule has 1 aliphatic rings. The van der Waals surface area contributed by atoms with Crippen molar-refractivity contribution in [3.63, 3.8) is 0 Å². The molecule has 1 N–H and O–H groups in total. The van der Waals surface area contributed by atoms with Crippen LogP contribution < -0.4 is 0 Å². The van der Waals surface area contributed by atoms with Crippen molar-refractivity contribution in [3.8, 4) is 0 Å². The van der Waals surface area contributed by atoms with E-state index in [4.69, 9.17) is 0 Å². The molecule has 3 nitrogen and oxygen atoms in total. The molecule has 1 saturated carbocycles. The molecule has 0 radical (unpaired) electrons. The van der Waals surface area contributed by atoms with Gasteiger partial charge in [-0.25, -0.2) is 0 Å². The first-order valence-corrected chi connectivity index (χ1v) is 7.40. The Hall–Kier alpha value is -1.56. The standard InChI is InChI=1S/C16H20F3NO2/c1-20(13-4-2-3-5-13)14(15(21)22)10-11-6-8-12(9-7-11)16(17,18)19/h6-9,13-14H,2-5,10H2,1H3,(H,21,22)/t14-/m0/s1. The molecule has 0 saturated heterocycles. The Morgan fingerprint density at radius 2 is 1.82 bits per heavy atom. The molecule has 0 bridgehead atoms. The lowest BCUT2D eigenvalue weighted by molar-refractivity contribution is -0.143. The third kappa shape index (κ3) is 4.00. The van der Waals surface area contributed by atoms with E-state index < -0.39 is 23.8 Å². The Bertz CT molecular complexity index is 507. The molecule has 2 rings (SSSR count). The molecule has 0 spiro atoms. The van der Waals surface area contributed by atoms with Gasteiger partial charge in [0, 0.05) is 6.04 Å². The smallest absolute Gasteiger partial charge is 0.416 e. The molecule has 0 heterocycles. The van der Waals surface area contributed by atoms with E-state index in [1.165, 1.54) is 12.1 Å². The molecule has 0 amide bonds. The van der Waals surface area contributed by atoms with Crippen molar-refractivity contribution in [2.24, 2.45) is 0 Å². The summed E-state index contributed by atoms with van der Waals surface area (Å²) >= 11 is 0. The Balaban J connectivity index is 2.09. The number of aliphatic carboxylic acids is 1. The molecule has 0 aromatic heterocycles. The highest BCUT2D eigenvalue weighted by atomic mass is 19.4. The van der Waals surface area contributed by atoms with Crippen LogP contribution in [0.5, 0.6) is 0 Å². The first-order valence-electron chi connectivity index (χ1n) is 7.40. The van der Waals surface area contributed by atoms with Crippen LogP contribution in [-0.4, -0.2) is 35.1 Å². The van der Waals surface area contributed by atoms with Crippen molar-refractivity contribution in [3.05, 3.63) is 35.4 Å². The van der Waals surface area contributed by atoms with Gasteiger partial charge in [0.05, 0.1) is 5.56 Å². The minimum Gasteiger partial charge on any atom is -0.480 e. The van der Waals surface area contributed by atoms with E-state index in [0.717, 1.165) is 37.8 Å². The summed E-state index contributed by atoms with van der Waals surface area (Å²) in [5.74, 6) is -0.936. The number of alkyl halides is 3. The molecule has 6 heteroatoms. The van der Waals surface area contributed by atoms with Gasteiger partial charge in [0.15, 0.2) is 0 Å². The number of carbonyl (C=O) groups is 1. The molecular formula is C16H20F3NO2. The van der Waals surface area contributed by atoms with Gasteiger partial charge in [0.2, 0.25) is 0 Å². The van der Waals surface area contributed by atoms with E-state index in [2.05, 4.69) is 0 Å². The summed E-state index contributed by atoms with van der Waals surface area (Å²) in [4.78, 5) is 13.4. The van der Waals surface area contributed by atoms with Gasteiger partial charge in [-0.15, -0.1) is 0 Å². The number of hydrogen-bond acceptors (Lipinski definition) is 2. The zero-order valence-electron chi connectivity index (χ0n) is 12.4. The molecule has 1 aliphatic carbocycles. The lowest BCUT2D eigenvalue weighted by Crippen LogP contribution is -2.45. The summed E-state index contributed by atoms with van der Waals surface area (Å²) in [6.45, 7) is 0. The molecule has 0 unspecified atom stereocenters. The highest BCUT2D eigenvalue weighted by Crippen LogP contribution is 2.30. The van der Waals surface area contributed by atoms with E-state index >= 15 is 0 Å². The van der Waals surface area contributed by atoms with Crippen molar-refractivity contribution in [1.82, 2.24) is 4.90 Å². The van der Waals surface area contributed by atoms with Crippen molar-refractivity contribution in [2.75, 3.05) is 7.05 Å². The van der Waals surface area contributed by atoms with Crippen LogP contribution in [0.3, 0.4) is 0 Å². The summed E-state index contributed by atoms with van der Waals surface area (Å²) in [5, 5.41) is 9.43. The molecule has 1 fully saturated rings. The zero-order valence-corrected chi connectivity index (χ0v) is 12.4. The van der Waals surface area contributed by atoms with Crippen LogP contribution >= 0.6 is 0 Å². The van der Waals surface area contributed by atoms with Crippen LogP contribution in [0.1, 0.15) is 36.8 Å². The van der Waals surface area contributed by atoms with Crippen LogP contribution in [0, 0.1) is 0 Å². The van der Waals surface area contributed by atoms with Crippen molar-refractivity contribution < 1.29 is 23.1 Å². The van der Waals surface area contributed by atoms with Crippen molar-refractivity contribution in [1.29, 1.82) is 0 Å². The van der Waals surface area contributed by atoms with Crippen LogP contribution in [0.25, 0.3) is 0 Å². The topological polar surface area (TPSA) is 40.5 Å². The molecule has 1 aromatic carbocycles. The van der Waals surface area contributed by atoms with Gasteiger partial charge in [-0.2, -0.15) is 13.2 Å². The minimum absolute atomic E-state index is 0.209. The van der Waals surface area contributed by atoms with E-state index in [1.807, 2.05) is 4.90 Å². The van der Waals surface area contributed by atoms with Crippen LogP contribution in [0.15, 0.2) is 24.3 Å². The maximum Gasteiger partial charge on any atom is 0.416 e. The third-order valence-electron chi connectivity index (χ3n) is 4.39. The van der Waals surface area contributed by atoms with E-state index in [-0.39, 0.29) is 12.5 Å². The number of carboxylic acid groups (broad SMARTS) is 1. The third-order valence-corrected chi connectivity index (χ3v) is 4.39. The van der Waals surface area contributed by atoms with Gasteiger partial charge in [-0.05, 0) is 44.0 Å². The lowest BCUT2D eigenvalue weighted by atomic mass is 10.0. The molecular weight excluding hydrogens is 295 g/mol. The first-order chi connectivity index (χ1) is 10.3. The fraction of sp³-hybridized carbons (Fsp3) is 0.562. The summed E-state index contributed by atoms with van der Waals surface area (Å²) in [6.07, 6.45) is -0.00429. The largest absolute Gasteiger partial charge is 0.480 e. The summed E-state index contributed by atoms with van der Waals surface area (Å²) in [5.41, 5.74) is -0.113. The van der Waals surface area contributed by atoms with Crippen LogP contribution in [-0.2, 0) is 17.4 Å². The van der Waals surface area contributed by atoms with Gasteiger partial charge in [0.1, 0.15) is 6.04 Å². The number of hydrogen-bond donors (Lipinski definition) is 1. The Morgan fingerprint density at radius 3 is 2.27 bits per heavy atom. The number of nitrogens with zero attached hydrogens (tertiary/aromatic N) is 1. The minimum atomic E-state index is -4.37.